The van der Waals surface area contributed by atoms with Gasteiger partial charge in [-0.05, 0) is 30.4 Å². The first-order valence-corrected chi connectivity index (χ1v) is 9.70. The molecule has 0 saturated carbocycles. The number of nitrogens with zero attached hydrogens (tertiary/aromatic N) is 2. The minimum Gasteiger partial charge on any atom is -0.382 e. The zero-order chi connectivity index (χ0) is 19.4. The number of nitrogens with two attached hydrogens (primary N) is 2. The Hall–Kier alpha value is -2.54. The second kappa shape index (κ2) is 11.9. The number of hydrogen-bond donors (Lipinski definition) is 4. The van der Waals surface area contributed by atoms with Crippen molar-refractivity contribution in [3.05, 3.63) is 47.7 Å². The fourth-order valence-electron chi connectivity index (χ4n) is 2.06. The molecule has 0 fully saturated rings. The molecule has 140 valence electrons. The minimum absolute atomic E-state index is 0.265. The monoisotopic (exact) mass is 372 g/mol. The van der Waals surface area contributed by atoms with Crippen LogP contribution in [0.25, 0.3) is 0 Å². The molecule has 0 bridgehead atoms. The number of hydrazone groups is 1. The number of aromatic nitrogens is 1. The molecule has 1 aromatic heterocycles. The normalized spacial score (nSPS) is 10.7. The lowest BCUT2D eigenvalue weighted by molar-refractivity contribution is 0.896. The number of thioether (sulfide) groups is 1. The average Bonchev–Trinajstić information content (AvgIpc) is 2.70. The summed E-state index contributed by atoms with van der Waals surface area (Å²) in [6.07, 6.45) is 5.47. The van der Waals surface area contributed by atoms with Gasteiger partial charge >= 0.3 is 0 Å². The minimum atomic E-state index is 0.265. The van der Waals surface area contributed by atoms with Gasteiger partial charge in [0.25, 0.3) is 0 Å². The molecule has 1 aromatic carbocycles. The highest BCUT2D eigenvalue weighted by atomic mass is 32.2. The van der Waals surface area contributed by atoms with E-state index in [-0.39, 0.29) is 5.84 Å². The Labute approximate surface area is 160 Å². The largest absolute Gasteiger partial charge is 0.382 e. The highest BCUT2D eigenvalue weighted by Crippen LogP contribution is 2.24. The molecule has 2 aromatic rings. The van der Waals surface area contributed by atoms with Gasteiger partial charge in [-0.15, -0.1) is 11.8 Å². The van der Waals surface area contributed by atoms with E-state index >= 15 is 0 Å². The van der Waals surface area contributed by atoms with Crippen molar-refractivity contribution in [2.75, 3.05) is 11.1 Å². The third-order valence-corrected chi connectivity index (χ3v) is 4.42. The fourth-order valence-corrected chi connectivity index (χ4v) is 3.06. The molecule has 0 spiro atoms. The van der Waals surface area contributed by atoms with Gasteiger partial charge in [0.2, 0.25) is 0 Å². The van der Waals surface area contributed by atoms with Crippen LogP contribution in [0.2, 0.25) is 0 Å². The van der Waals surface area contributed by atoms with Crippen LogP contribution in [-0.2, 0) is 0 Å². The SMILES string of the molecule is CC.CCCCSc1cnc(Nc2cccc(/C(N)=N/N)c2)c(C=N)c1. The molecule has 6 nitrogen and oxygen atoms in total. The zero-order valence-electron chi connectivity index (χ0n) is 15.6. The Morgan fingerprint density at radius 3 is 2.77 bits per heavy atom. The van der Waals surface area contributed by atoms with Crippen LogP contribution in [0.1, 0.15) is 44.7 Å². The summed E-state index contributed by atoms with van der Waals surface area (Å²) < 4.78 is 0. The molecule has 0 unspecified atom stereocenters. The first kappa shape index (κ1) is 21.5. The maximum absolute atomic E-state index is 7.63. The smallest absolute Gasteiger partial charge is 0.150 e. The third kappa shape index (κ3) is 6.40. The quantitative estimate of drug-likeness (QED) is 0.138. The van der Waals surface area contributed by atoms with Gasteiger partial charge in [0, 0.05) is 34.1 Å². The number of unbranched alkanes of at least 4 members (excludes halogenated alkanes) is 1. The summed E-state index contributed by atoms with van der Waals surface area (Å²) in [5, 5.41) is 14.3. The van der Waals surface area contributed by atoms with Gasteiger partial charge in [0.1, 0.15) is 11.7 Å². The molecule has 0 atom stereocenters. The van der Waals surface area contributed by atoms with Crippen LogP contribution in [0.3, 0.4) is 0 Å². The topological polar surface area (TPSA) is 113 Å². The molecule has 0 aliphatic heterocycles. The molecular formula is C19H28N6S. The maximum Gasteiger partial charge on any atom is 0.150 e. The molecule has 0 aliphatic carbocycles. The second-order valence-corrected chi connectivity index (χ2v) is 6.34. The number of amidine groups is 1. The maximum atomic E-state index is 7.63. The van der Waals surface area contributed by atoms with Gasteiger partial charge in [-0.3, -0.25) is 0 Å². The van der Waals surface area contributed by atoms with E-state index in [1.165, 1.54) is 19.1 Å². The van der Waals surface area contributed by atoms with Crippen molar-refractivity contribution in [2.45, 2.75) is 38.5 Å². The van der Waals surface area contributed by atoms with E-state index in [1.54, 1.807) is 11.8 Å². The molecule has 7 heteroatoms. The van der Waals surface area contributed by atoms with E-state index in [0.717, 1.165) is 27.5 Å². The van der Waals surface area contributed by atoms with Crippen LogP contribution in [0.15, 0.2) is 46.5 Å². The standard InChI is InChI=1S/C17H22N6S.C2H6/c1-2-3-7-24-15-9-13(10-18)17(21-11-15)22-14-6-4-5-12(8-14)16(19)23-20;1-2/h4-6,8-11,18H,2-3,7,20H2,1H3,(H2,19,23)(H,21,22);1-2H3. The summed E-state index contributed by atoms with van der Waals surface area (Å²) in [5.74, 6) is 7.17. The summed E-state index contributed by atoms with van der Waals surface area (Å²) in [6.45, 7) is 6.17. The molecule has 6 N–H and O–H groups in total. The van der Waals surface area contributed by atoms with Gasteiger partial charge in [-0.25, -0.2) is 4.98 Å². The van der Waals surface area contributed by atoms with Crippen molar-refractivity contribution in [1.29, 1.82) is 5.41 Å². The summed E-state index contributed by atoms with van der Waals surface area (Å²) >= 11 is 1.76. The number of nitrogens with one attached hydrogen (secondary N) is 2. The second-order valence-electron chi connectivity index (χ2n) is 5.18. The Balaban J connectivity index is 0.00000163. The Bertz CT molecular complexity index is 730. The predicted octanol–water partition coefficient (Wildman–Crippen LogP) is 4.32. The molecule has 2 rings (SSSR count). The molecular weight excluding hydrogens is 344 g/mol. The lowest BCUT2D eigenvalue weighted by atomic mass is 10.2. The summed E-state index contributed by atoms with van der Waals surface area (Å²) in [4.78, 5) is 5.52. The van der Waals surface area contributed by atoms with E-state index in [2.05, 4.69) is 22.3 Å². The van der Waals surface area contributed by atoms with Crippen molar-refractivity contribution in [1.82, 2.24) is 4.98 Å². The first-order valence-electron chi connectivity index (χ1n) is 8.72. The number of anilines is 2. The average molecular weight is 373 g/mol. The van der Waals surface area contributed by atoms with Crippen molar-refractivity contribution in [3.8, 4) is 0 Å². The number of benzene rings is 1. The van der Waals surface area contributed by atoms with Crippen molar-refractivity contribution >= 4 is 35.3 Å². The van der Waals surface area contributed by atoms with Gasteiger partial charge < -0.3 is 22.3 Å². The van der Waals surface area contributed by atoms with Crippen molar-refractivity contribution in [3.63, 3.8) is 0 Å². The molecule has 26 heavy (non-hydrogen) atoms. The van der Waals surface area contributed by atoms with Gasteiger partial charge in [0.05, 0.1) is 0 Å². The van der Waals surface area contributed by atoms with Crippen LogP contribution < -0.4 is 16.9 Å². The number of hydrogen-bond acceptors (Lipinski definition) is 6. The zero-order valence-corrected chi connectivity index (χ0v) is 16.4. The molecule has 0 saturated heterocycles. The highest BCUT2D eigenvalue weighted by molar-refractivity contribution is 7.99. The Morgan fingerprint density at radius 1 is 1.35 bits per heavy atom. The molecule has 0 aliphatic rings. The van der Waals surface area contributed by atoms with Crippen molar-refractivity contribution < 1.29 is 0 Å². The fraction of sp³-hybridized carbons (Fsp3) is 0.316. The van der Waals surface area contributed by atoms with Crippen molar-refractivity contribution in [2.24, 2.45) is 16.7 Å². The summed E-state index contributed by atoms with van der Waals surface area (Å²) in [6, 6.07) is 9.39. The first-order chi connectivity index (χ1) is 12.7. The van der Waals surface area contributed by atoms with E-state index in [4.69, 9.17) is 17.0 Å². The van der Waals surface area contributed by atoms with Crippen LogP contribution in [0, 0.1) is 5.41 Å². The van der Waals surface area contributed by atoms with Gasteiger partial charge in [-0.2, -0.15) is 5.10 Å². The third-order valence-electron chi connectivity index (χ3n) is 3.37. The van der Waals surface area contributed by atoms with E-state index in [9.17, 15) is 0 Å². The van der Waals surface area contributed by atoms with E-state index in [0.29, 0.717) is 5.82 Å². The van der Waals surface area contributed by atoms with Crippen LogP contribution in [0.4, 0.5) is 11.5 Å². The number of pyridine rings is 1. The summed E-state index contributed by atoms with van der Waals surface area (Å²) in [7, 11) is 0. The molecule has 0 amide bonds. The highest BCUT2D eigenvalue weighted by Gasteiger charge is 2.06. The van der Waals surface area contributed by atoms with E-state index in [1.807, 2.05) is 50.4 Å². The number of rotatable bonds is 8. The Morgan fingerprint density at radius 2 is 2.12 bits per heavy atom. The van der Waals surface area contributed by atoms with Crippen LogP contribution in [-0.4, -0.2) is 22.8 Å². The predicted molar refractivity (Wildman–Crippen MR) is 114 cm³/mol. The Kier molecular flexibility index (Phi) is 9.86. The molecule has 0 radical (unpaired) electrons. The van der Waals surface area contributed by atoms with E-state index < -0.39 is 0 Å². The van der Waals surface area contributed by atoms with Gasteiger partial charge in [-0.1, -0.05) is 39.3 Å². The lowest BCUT2D eigenvalue weighted by Crippen LogP contribution is -2.15. The van der Waals surface area contributed by atoms with Crippen LogP contribution >= 0.6 is 11.8 Å². The summed E-state index contributed by atoms with van der Waals surface area (Å²) in [5.41, 5.74) is 8.01. The lowest BCUT2D eigenvalue weighted by Gasteiger charge is -2.11. The van der Waals surface area contributed by atoms with Crippen LogP contribution in [0.5, 0.6) is 0 Å². The van der Waals surface area contributed by atoms with Gasteiger partial charge in [0.15, 0.2) is 0 Å². The molecule has 1 heterocycles.